The highest BCUT2D eigenvalue weighted by atomic mass is 16.6. The molecule has 1 aliphatic heterocycles. The molecule has 3 amide bonds. The number of amides is 3. The van der Waals surface area contributed by atoms with Gasteiger partial charge in [-0.15, -0.1) is 0 Å². The van der Waals surface area contributed by atoms with E-state index in [0.717, 1.165) is 24.0 Å². The average Bonchev–Trinajstić information content (AvgIpc) is 3.44. The Morgan fingerprint density at radius 2 is 1.59 bits per heavy atom. The lowest BCUT2D eigenvalue weighted by Crippen LogP contribution is -2.53. The standard InChI is InChI=1S/C32H39N3O6/c36-28(33-20-17-24-11-3-1-4-12-24)21-26-15-7-8-16-27(34-31(39)40-22-25-13-5-2-6-14-25)30(38)41-23-32(35-29(26)37)18-9-10-19-32/h1-8,11-14,26-27H,9-10,15-23H2,(H,33,36)(H,34,39)(H,35,37)/t26-,27-/m1/s1. The Morgan fingerprint density at radius 3 is 2.29 bits per heavy atom. The zero-order chi connectivity index (χ0) is 28.9. The molecule has 1 spiro atoms. The van der Waals surface area contributed by atoms with Crippen LogP contribution < -0.4 is 16.0 Å². The summed E-state index contributed by atoms with van der Waals surface area (Å²) in [7, 11) is 0. The number of carbonyl (C=O) groups excluding carboxylic acids is 4. The van der Waals surface area contributed by atoms with Crippen molar-refractivity contribution in [3.8, 4) is 0 Å². The molecule has 2 atom stereocenters. The van der Waals surface area contributed by atoms with Gasteiger partial charge in [0.15, 0.2) is 0 Å². The van der Waals surface area contributed by atoms with Crippen molar-refractivity contribution in [3.05, 3.63) is 83.9 Å². The molecule has 1 aliphatic carbocycles. The van der Waals surface area contributed by atoms with Gasteiger partial charge >= 0.3 is 12.1 Å². The number of ether oxygens (including phenoxy) is 2. The molecule has 3 N–H and O–H groups in total. The lowest BCUT2D eigenvalue weighted by atomic mass is 9.93. The van der Waals surface area contributed by atoms with E-state index in [1.807, 2.05) is 60.7 Å². The largest absolute Gasteiger partial charge is 0.462 e. The van der Waals surface area contributed by atoms with Crippen molar-refractivity contribution in [1.82, 2.24) is 16.0 Å². The van der Waals surface area contributed by atoms with Crippen LogP contribution in [0, 0.1) is 5.92 Å². The van der Waals surface area contributed by atoms with Crippen LogP contribution in [0.25, 0.3) is 0 Å². The molecule has 4 rings (SSSR count). The maximum atomic E-state index is 13.4. The maximum absolute atomic E-state index is 13.4. The van der Waals surface area contributed by atoms with Gasteiger partial charge in [0.1, 0.15) is 19.3 Å². The van der Waals surface area contributed by atoms with Crippen molar-refractivity contribution in [2.24, 2.45) is 5.92 Å². The fourth-order valence-electron chi connectivity index (χ4n) is 5.21. The Morgan fingerprint density at radius 1 is 0.927 bits per heavy atom. The smallest absolute Gasteiger partial charge is 0.408 e. The van der Waals surface area contributed by atoms with Crippen LogP contribution in [-0.4, -0.2) is 48.6 Å². The summed E-state index contributed by atoms with van der Waals surface area (Å²) in [6.07, 6.45) is 7.19. The van der Waals surface area contributed by atoms with Crippen LogP contribution in [0.4, 0.5) is 4.79 Å². The van der Waals surface area contributed by atoms with E-state index in [-0.39, 0.29) is 37.9 Å². The first kappa shape index (κ1) is 29.8. The van der Waals surface area contributed by atoms with Crippen LogP contribution >= 0.6 is 0 Å². The number of rotatable bonds is 8. The molecule has 2 aliphatic rings. The maximum Gasteiger partial charge on any atom is 0.408 e. The zero-order valence-corrected chi connectivity index (χ0v) is 23.3. The zero-order valence-electron chi connectivity index (χ0n) is 23.3. The summed E-state index contributed by atoms with van der Waals surface area (Å²) >= 11 is 0. The summed E-state index contributed by atoms with van der Waals surface area (Å²) in [5, 5.41) is 8.67. The van der Waals surface area contributed by atoms with E-state index in [1.54, 1.807) is 12.2 Å². The van der Waals surface area contributed by atoms with E-state index in [1.165, 1.54) is 0 Å². The Kier molecular flexibility index (Phi) is 10.9. The van der Waals surface area contributed by atoms with Crippen molar-refractivity contribution in [3.63, 3.8) is 0 Å². The van der Waals surface area contributed by atoms with Crippen LogP contribution in [0.15, 0.2) is 72.8 Å². The summed E-state index contributed by atoms with van der Waals surface area (Å²) in [5.74, 6) is -1.56. The van der Waals surface area contributed by atoms with Crippen LogP contribution in [0.2, 0.25) is 0 Å². The van der Waals surface area contributed by atoms with Crippen LogP contribution in [0.1, 0.15) is 56.1 Å². The van der Waals surface area contributed by atoms with Crippen molar-refractivity contribution in [2.75, 3.05) is 13.2 Å². The highest BCUT2D eigenvalue weighted by Crippen LogP contribution is 2.31. The Hall–Kier alpha value is -4.14. The monoisotopic (exact) mass is 561 g/mol. The lowest BCUT2D eigenvalue weighted by molar-refractivity contribution is -0.149. The number of allylic oxidation sites excluding steroid dienone is 1. The summed E-state index contributed by atoms with van der Waals surface area (Å²) in [5.41, 5.74) is 1.28. The van der Waals surface area contributed by atoms with E-state index >= 15 is 0 Å². The summed E-state index contributed by atoms with van der Waals surface area (Å²) in [6.45, 7) is 0.573. The second kappa shape index (κ2) is 15.0. The molecule has 41 heavy (non-hydrogen) atoms. The number of alkyl carbamates (subject to hydrolysis) is 1. The number of benzene rings is 2. The Balaban J connectivity index is 1.38. The first-order valence-electron chi connectivity index (χ1n) is 14.3. The van der Waals surface area contributed by atoms with Gasteiger partial charge in [-0.05, 0) is 43.2 Å². The molecule has 0 unspecified atom stereocenters. The van der Waals surface area contributed by atoms with E-state index in [4.69, 9.17) is 9.47 Å². The molecule has 0 radical (unpaired) electrons. The number of cyclic esters (lactones) is 1. The number of nitrogens with one attached hydrogen (secondary N) is 3. The van der Waals surface area contributed by atoms with Gasteiger partial charge in [0.25, 0.3) is 0 Å². The second-order valence-electron chi connectivity index (χ2n) is 10.8. The molecule has 9 nitrogen and oxygen atoms in total. The fourth-order valence-corrected chi connectivity index (χ4v) is 5.21. The third-order valence-corrected chi connectivity index (χ3v) is 7.57. The minimum Gasteiger partial charge on any atom is -0.462 e. The lowest BCUT2D eigenvalue weighted by Gasteiger charge is -2.32. The van der Waals surface area contributed by atoms with E-state index < -0.39 is 29.6 Å². The minimum absolute atomic E-state index is 0.00846. The van der Waals surface area contributed by atoms with E-state index in [9.17, 15) is 19.2 Å². The number of carbonyl (C=O) groups is 4. The molecule has 218 valence electrons. The van der Waals surface area contributed by atoms with Gasteiger partial charge in [0, 0.05) is 13.0 Å². The van der Waals surface area contributed by atoms with Crippen LogP contribution in [0.3, 0.4) is 0 Å². The number of hydrogen-bond acceptors (Lipinski definition) is 6. The molecule has 1 saturated carbocycles. The number of hydrogen-bond donors (Lipinski definition) is 3. The molecule has 9 heteroatoms. The van der Waals surface area contributed by atoms with E-state index in [0.29, 0.717) is 32.2 Å². The molecule has 0 aromatic heterocycles. The van der Waals surface area contributed by atoms with Gasteiger partial charge in [-0.25, -0.2) is 9.59 Å². The van der Waals surface area contributed by atoms with Gasteiger partial charge in [0.2, 0.25) is 11.8 Å². The molecule has 1 heterocycles. The highest BCUT2D eigenvalue weighted by molar-refractivity contribution is 5.86. The topological polar surface area (TPSA) is 123 Å². The summed E-state index contributed by atoms with van der Waals surface area (Å²) in [4.78, 5) is 51.6. The molecule has 1 fully saturated rings. The molecule has 2 aromatic carbocycles. The van der Waals surface area contributed by atoms with Crippen LogP contribution in [0.5, 0.6) is 0 Å². The third-order valence-electron chi connectivity index (χ3n) is 7.57. The normalized spacial score (nSPS) is 20.7. The third kappa shape index (κ3) is 9.48. The second-order valence-corrected chi connectivity index (χ2v) is 10.8. The molecular formula is C32H39N3O6. The SMILES string of the molecule is O=C(C[C@H]1CC=CC[C@@H](NC(=O)OCc2ccccc2)C(=O)OCC2(CCCC2)NC1=O)NCCc1ccccc1. The molecule has 0 saturated heterocycles. The van der Waals surface area contributed by atoms with Crippen molar-refractivity contribution in [2.45, 2.75) is 69.6 Å². The highest BCUT2D eigenvalue weighted by Gasteiger charge is 2.39. The Labute approximate surface area is 241 Å². The first-order chi connectivity index (χ1) is 19.9. The molecule has 0 bridgehead atoms. The van der Waals surface area contributed by atoms with Crippen molar-refractivity contribution in [1.29, 1.82) is 0 Å². The van der Waals surface area contributed by atoms with Gasteiger partial charge in [0.05, 0.1) is 11.5 Å². The summed E-state index contributed by atoms with van der Waals surface area (Å²) in [6, 6.07) is 18.2. The number of esters is 1. The molecule has 2 aromatic rings. The average molecular weight is 562 g/mol. The van der Waals surface area contributed by atoms with Gasteiger partial charge in [-0.3, -0.25) is 9.59 Å². The van der Waals surface area contributed by atoms with Gasteiger partial charge in [-0.1, -0.05) is 85.7 Å². The first-order valence-corrected chi connectivity index (χ1v) is 14.3. The quantitative estimate of drug-likeness (QED) is 0.331. The van der Waals surface area contributed by atoms with Crippen LogP contribution in [-0.2, 0) is 36.9 Å². The fraction of sp³-hybridized carbons (Fsp3) is 0.438. The van der Waals surface area contributed by atoms with Crippen molar-refractivity contribution < 1.29 is 28.7 Å². The minimum atomic E-state index is -0.942. The van der Waals surface area contributed by atoms with Gasteiger partial charge < -0.3 is 25.4 Å². The summed E-state index contributed by atoms with van der Waals surface area (Å²) < 4.78 is 10.9. The Bertz CT molecular complexity index is 1190. The predicted molar refractivity (Wildman–Crippen MR) is 153 cm³/mol. The predicted octanol–water partition coefficient (Wildman–Crippen LogP) is 3.97. The molecular weight excluding hydrogens is 522 g/mol. The van der Waals surface area contributed by atoms with Gasteiger partial charge in [-0.2, -0.15) is 0 Å². The van der Waals surface area contributed by atoms with Crippen molar-refractivity contribution >= 4 is 23.9 Å². The van der Waals surface area contributed by atoms with E-state index in [2.05, 4.69) is 16.0 Å².